The van der Waals surface area contributed by atoms with E-state index in [2.05, 4.69) is 20.3 Å². The van der Waals surface area contributed by atoms with E-state index in [0.717, 1.165) is 0 Å². The minimum Gasteiger partial charge on any atom is -0.394 e. The number of ether oxygens (including phenoxy) is 1. The highest BCUT2D eigenvalue weighted by atomic mass is 31.2. The summed E-state index contributed by atoms with van der Waals surface area (Å²) in [7, 11) is 0.321. The Morgan fingerprint density at radius 2 is 2.13 bits per heavy atom. The fourth-order valence-electron chi connectivity index (χ4n) is 3.44. The Morgan fingerprint density at radius 1 is 1.42 bits per heavy atom. The number of carbonyl (C=O) groups is 1. The topological polar surface area (TPSA) is 189 Å². The maximum absolute atomic E-state index is 12.4. The first-order chi connectivity index (χ1) is 14.5. The van der Waals surface area contributed by atoms with Crippen LogP contribution in [-0.2, 0) is 14.1 Å². The number of aliphatic hydroxyl groups excluding tert-OH is 2. The van der Waals surface area contributed by atoms with Gasteiger partial charge in [0.05, 0.1) is 25.0 Å². The minimum absolute atomic E-state index is 0.00337. The lowest BCUT2D eigenvalue weighted by molar-refractivity contribution is -0.124. The van der Waals surface area contributed by atoms with Gasteiger partial charge in [-0.05, 0) is 6.42 Å². The number of amides is 1. The summed E-state index contributed by atoms with van der Waals surface area (Å²) >= 11 is 0. The van der Waals surface area contributed by atoms with E-state index in [1.165, 1.54) is 23.9 Å². The molecule has 0 radical (unpaired) electrons. The summed E-state index contributed by atoms with van der Waals surface area (Å²) in [6.07, 6.45) is -0.397. The van der Waals surface area contributed by atoms with Gasteiger partial charge >= 0.3 is 0 Å². The van der Waals surface area contributed by atoms with Gasteiger partial charge in [0.1, 0.15) is 18.5 Å². The van der Waals surface area contributed by atoms with Crippen molar-refractivity contribution >= 4 is 30.3 Å². The molecule has 2 aromatic rings. The van der Waals surface area contributed by atoms with Gasteiger partial charge in [0.15, 0.2) is 30.6 Å². The molecule has 0 bridgehead atoms. The molecule has 14 heteroatoms. The van der Waals surface area contributed by atoms with Gasteiger partial charge in [-0.25, -0.2) is 15.0 Å². The van der Waals surface area contributed by atoms with Crippen LogP contribution in [0.15, 0.2) is 12.7 Å². The Bertz CT molecular complexity index is 979. The maximum Gasteiger partial charge on any atom is 0.237 e. The van der Waals surface area contributed by atoms with Gasteiger partial charge < -0.3 is 35.8 Å². The van der Waals surface area contributed by atoms with Crippen molar-refractivity contribution in [2.24, 2.45) is 5.73 Å². The standard InChI is InChI=1S/C17H28N7O6P/c1-23(2)14-12-15(20-7-19-14)24(8-21-12)17-13(26)11(10(6-25)30-17)22-16(27)9(18)4-5-31(3,28)29/h7-11,13,17,25-26H,4-6,18H2,1-3H3,(H,22,27)(H,28,29)/t9?,10-,11-,13-,17-/m1/s1. The van der Waals surface area contributed by atoms with Crippen LogP contribution < -0.4 is 16.0 Å². The average molecular weight is 457 g/mol. The molecule has 1 amide bonds. The molecule has 1 fully saturated rings. The molecule has 1 aliphatic heterocycles. The molecule has 13 nitrogen and oxygen atoms in total. The van der Waals surface area contributed by atoms with Crippen molar-refractivity contribution < 1.29 is 29.2 Å². The smallest absolute Gasteiger partial charge is 0.237 e. The zero-order chi connectivity index (χ0) is 22.9. The van der Waals surface area contributed by atoms with Crippen molar-refractivity contribution in [3.63, 3.8) is 0 Å². The van der Waals surface area contributed by atoms with E-state index in [1.54, 1.807) is 4.90 Å². The summed E-state index contributed by atoms with van der Waals surface area (Å²) in [5, 5.41) is 23.2. The summed E-state index contributed by atoms with van der Waals surface area (Å²) in [4.78, 5) is 36.3. The number of aromatic nitrogens is 4. The largest absolute Gasteiger partial charge is 0.394 e. The lowest BCUT2D eigenvalue weighted by Crippen LogP contribution is -2.53. The van der Waals surface area contributed by atoms with Crippen LogP contribution in [0.2, 0.25) is 0 Å². The first-order valence-electron chi connectivity index (χ1n) is 9.68. The molecule has 0 aromatic carbocycles. The predicted octanol–water partition coefficient (Wildman–Crippen LogP) is -1.75. The van der Waals surface area contributed by atoms with Gasteiger partial charge in [-0.15, -0.1) is 0 Å². The van der Waals surface area contributed by atoms with Crippen LogP contribution in [0.5, 0.6) is 0 Å². The lowest BCUT2D eigenvalue weighted by atomic mass is 10.1. The normalized spacial score (nSPS) is 26.5. The lowest BCUT2D eigenvalue weighted by Gasteiger charge is -2.23. The Balaban J connectivity index is 1.79. The number of hydrogen-bond donors (Lipinski definition) is 5. The third kappa shape index (κ3) is 5.03. The zero-order valence-electron chi connectivity index (χ0n) is 17.5. The third-order valence-electron chi connectivity index (χ3n) is 5.09. The zero-order valence-corrected chi connectivity index (χ0v) is 18.4. The molecule has 0 aliphatic carbocycles. The minimum atomic E-state index is -3.30. The molecule has 0 saturated carbocycles. The second-order valence-corrected chi connectivity index (χ2v) is 10.4. The van der Waals surface area contributed by atoms with Crippen molar-refractivity contribution in [2.75, 3.05) is 38.4 Å². The second kappa shape index (κ2) is 9.15. The molecule has 31 heavy (non-hydrogen) atoms. The summed E-state index contributed by atoms with van der Waals surface area (Å²) in [5.74, 6) is -0.0317. The molecule has 172 valence electrons. The maximum atomic E-state index is 12.4. The highest BCUT2D eigenvalue weighted by Crippen LogP contribution is 2.36. The average Bonchev–Trinajstić information content (AvgIpc) is 3.26. The van der Waals surface area contributed by atoms with E-state index >= 15 is 0 Å². The van der Waals surface area contributed by atoms with E-state index in [9.17, 15) is 24.5 Å². The molecule has 3 heterocycles. The van der Waals surface area contributed by atoms with Gasteiger partial charge in [-0.1, -0.05) is 0 Å². The summed E-state index contributed by atoms with van der Waals surface area (Å²) in [5.41, 5.74) is 6.74. The molecular formula is C17H28N7O6P. The Labute approximate surface area is 178 Å². The molecule has 6 atom stereocenters. The SMILES string of the molecule is CN(C)c1ncnc2c1ncn2[C@@H]1O[C@H](CO)[C@@H](NC(=O)C(N)CCP(C)(=O)O)[C@H]1O. The summed E-state index contributed by atoms with van der Waals surface area (Å²) in [6.45, 7) is 0.735. The van der Waals surface area contributed by atoms with Crippen molar-refractivity contribution in [3.05, 3.63) is 12.7 Å². The van der Waals surface area contributed by atoms with Crippen molar-refractivity contribution in [2.45, 2.75) is 36.9 Å². The van der Waals surface area contributed by atoms with E-state index in [-0.39, 0.29) is 12.6 Å². The molecule has 3 rings (SSSR count). The van der Waals surface area contributed by atoms with E-state index in [4.69, 9.17) is 10.5 Å². The van der Waals surface area contributed by atoms with Gasteiger partial charge in [0.25, 0.3) is 0 Å². The summed E-state index contributed by atoms with van der Waals surface area (Å²) in [6, 6.07) is -2.00. The van der Waals surface area contributed by atoms with Crippen LogP contribution in [0.25, 0.3) is 11.2 Å². The van der Waals surface area contributed by atoms with Crippen molar-refractivity contribution in [3.8, 4) is 0 Å². The van der Waals surface area contributed by atoms with Gasteiger partial charge in [0, 0.05) is 26.9 Å². The Hall–Kier alpha value is -2.15. The monoisotopic (exact) mass is 457 g/mol. The molecule has 1 saturated heterocycles. The molecule has 2 aromatic heterocycles. The van der Waals surface area contributed by atoms with Crippen LogP contribution in [-0.4, -0.2) is 98.4 Å². The highest BCUT2D eigenvalue weighted by molar-refractivity contribution is 7.57. The van der Waals surface area contributed by atoms with Crippen molar-refractivity contribution in [1.29, 1.82) is 0 Å². The summed E-state index contributed by atoms with van der Waals surface area (Å²) < 4.78 is 18.7. The predicted molar refractivity (Wildman–Crippen MR) is 112 cm³/mol. The third-order valence-corrected chi connectivity index (χ3v) is 6.18. The van der Waals surface area contributed by atoms with Gasteiger partial charge in [0.2, 0.25) is 5.91 Å². The van der Waals surface area contributed by atoms with E-state index < -0.39 is 50.4 Å². The molecule has 2 unspecified atom stereocenters. The number of nitrogens with two attached hydrogens (primary N) is 1. The number of hydrogen-bond acceptors (Lipinski definition) is 10. The number of fused-ring (bicyclic) bond motifs is 1. The first kappa shape index (κ1) is 23.5. The van der Waals surface area contributed by atoms with Gasteiger partial charge in [-0.3, -0.25) is 13.9 Å². The van der Waals surface area contributed by atoms with Crippen LogP contribution in [0.3, 0.4) is 0 Å². The van der Waals surface area contributed by atoms with Crippen molar-refractivity contribution in [1.82, 2.24) is 24.8 Å². The fourth-order valence-corrected chi connectivity index (χ4v) is 4.20. The van der Waals surface area contributed by atoms with Crippen LogP contribution in [0, 0.1) is 0 Å². The molecule has 6 N–H and O–H groups in total. The number of rotatable bonds is 8. The number of aliphatic hydroxyl groups is 2. The highest BCUT2D eigenvalue weighted by Gasteiger charge is 2.46. The van der Waals surface area contributed by atoms with E-state index in [0.29, 0.717) is 17.0 Å². The van der Waals surface area contributed by atoms with E-state index in [1.807, 2.05) is 14.1 Å². The Kier molecular flexibility index (Phi) is 6.94. The fraction of sp³-hybridized carbons (Fsp3) is 0.647. The number of nitrogens with zero attached hydrogens (tertiary/aromatic N) is 5. The van der Waals surface area contributed by atoms with Gasteiger partial charge in [-0.2, -0.15) is 0 Å². The van der Waals surface area contributed by atoms with Crippen LogP contribution in [0.4, 0.5) is 5.82 Å². The number of anilines is 1. The number of imidazole rings is 1. The molecular weight excluding hydrogens is 429 g/mol. The second-order valence-electron chi connectivity index (χ2n) is 7.86. The molecule has 1 aliphatic rings. The first-order valence-corrected chi connectivity index (χ1v) is 12.0. The Morgan fingerprint density at radius 3 is 2.74 bits per heavy atom. The number of carbonyl (C=O) groups excluding carboxylic acids is 1. The number of nitrogens with one attached hydrogen (secondary N) is 1. The quantitative estimate of drug-likeness (QED) is 0.283. The van der Waals surface area contributed by atoms with Crippen LogP contribution in [0.1, 0.15) is 12.6 Å². The van der Waals surface area contributed by atoms with Crippen LogP contribution >= 0.6 is 7.37 Å². The molecule has 0 spiro atoms.